The maximum Gasteiger partial charge on any atom is 0.305 e. The number of hydrogen-bond donors (Lipinski definition) is 1. The summed E-state index contributed by atoms with van der Waals surface area (Å²) < 4.78 is 1.89. The van der Waals surface area contributed by atoms with E-state index in [2.05, 4.69) is 5.10 Å². The normalized spacial score (nSPS) is 13.0. The van der Waals surface area contributed by atoms with Crippen LogP contribution < -0.4 is 0 Å². The van der Waals surface area contributed by atoms with Gasteiger partial charge in [-0.25, -0.2) is 4.68 Å². The summed E-state index contributed by atoms with van der Waals surface area (Å²) in [6, 6.07) is 8.12. The standard InChI is InChI=1S/C21H27N3O3/c1-14(2)13-23(12-11-19(25)26)21(27)20-17-5-4-6-18(17)24(22-20)16-9-7-15(3)8-10-16/h7-10,14H,4-6,11-13H2,1-3H3,(H,25,26). The molecule has 0 saturated heterocycles. The van der Waals surface area contributed by atoms with Crippen molar-refractivity contribution in [3.63, 3.8) is 0 Å². The zero-order chi connectivity index (χ0) is 19.6. The lowest BCUT2D eigenvalue weighted by molar-refractivity contribution is -0.137. The van der Waals surface area contributed by atoms with Gasteiger partial charge in [-0.05, 0) is 44.2 Å². The van der Waals surface area contributed by atoms with Crippen LogP contribution in [0.3, 0.4) is 0 Å². The molecule has 1 aromatic heterocycles. The molecule has 27 heavy (non-hydrogen) atoms. The van der Waals surface area contributed by atoms with Crippen molar-refractivity contribution in [1.82, 2.24) is 14.7 Å². The number of carboxylic acids is 1. The quantitative estimate of drug-likeness (QED) is 0.813. The SMILES string of the molecule is Cc1ccc(-n2nc(C(=O)N(CCC(=O)O)CC(C)C)c3c2CCC3)cc1. The van der Waals surface area contributed by atoms with Crippen molar-refractivity contribution in [2.75, 3.05) is 13.1 Å². The molecule has 0 fully saturated rings. The fraction of sp³-hybridized carbons (Fsp3) is 0.476. The molecule has 0 saturated carbocycles. The number of aliphatic carboxylic acids is 1. The highest BCUT2D eigenvalue weighted by Gasteiger charge is 2.30. The molecule has 1 aliphatic carbocycles. The third kappa shape index (κ3) is 4.21. The molecule has 0 spiro atoms. The second-order valence-corrected chi connectivity index (χ2v) is 7.66. The Labute approximate surface area is 159 Å². The van der Waals surface area contributed by atoms with Crippen LogP contribution in [0, 0.1) is 12.8 Å². The molecule has 0 radical (unpaired) electrons. The number of hydrogen-bond acceptors (Lipinski definition) is 3. The van der Waals surface area contributed by atoms with Crippen LogP contribution in [-0.2, 0) is 17.6 Å². The van der Waals surface area contributed by atoms with E-state index in [0.29, 0.717) is 12.2 Å². The minimum Gasteiger partial charge on any atom is -0.481 e. The lowest BCUT2D eigenvalue weighted by Gasteiger charge is -2.23. The number of aryl methyl sites for hydroxylation is 1. The van der Waals surface area contributed by atoms with Crippen molar-refractivity contribution in [3.8, 4) is 5.69 Å². The van der Waals surface area contributed by atoms with Gasteiger partial charge in [-0.3, -0.25) is 9.59 Å². The lowest BCUT2D eigenvalue weighted by Crippen LogP contribution is -2.36. The summed E-state index contributed by atoms with van der Waals surface area (Å²) in [7, 11) is 0. The maximum absolute atomic E-state index is 13.2. The number of carbonyl (C=O) groups is 2. The Morgan fingerprint density at radius 3 is 2.56 bits per heavy atom. The van der Waals surface area contributed by atoms with Gasteiger partial charge in [0, 0.05) is 24.3 Å². The highest BCUT2D eigenvalue weighted by atomic mass is 16.4. The van der Waals surface area contributed by atoms with E-state index in [0.717, 1.165) is 36.2 Å². The molecule has 0 aliphatic heterocycles. The van der Waals surface area contributed by atoms with Gasteiger partial charge in [0.2, 0.25) is 0 Å². The van der Waals surface area contributed by atoms with Gasteiger partial charge >= 0.3 is 5.97 Å². The predicted octanol–water partition coefficient (Wildman–Crippen LogP) is 3.24. The zero-order valence-corrected chi connectivity index (χ0v) is 16.2. The lowest BCUT2D eigenvalue weighted by atomic mass is 10.1. The molecule has 0 unspecified atom stereocenters. The Balaban J connectivity index is 1.95. The molecule has 1 amide bonds. The molecule has 0 bridgehead atoms. The largest absolute Gasteiger partial charge is 0.481 e. The average molecular weight is 369 g/mol. The van der Waals surface area contributed by atoms with E-state index in [1.165, 1.54) is 5.56 Å². The molecule has 1 heterocycles. The number of nitrogens with zero attached hydrogens (tertiary/aromatic N) is 3. The van der Waals surface area contributed by atoms with Gasteiger partial charge in [0.05, 0.1) is 12.1 Å². The van der Waals surface area contributed by atoms with Crippen LogP contribution in [0.25, 0.3) is 5.69 Å². The van der Waals surface area contributed by atoms with Crippen molar-refractivity contribution in [2.24, 2.45) is 5.92 Å². The first-order chi connectivity index (χ1) is 12.9. The number of amides is 1. The summed E-state index contributed by atoms with van der Waals surface area (Å²) in [5.41, 5.74) is 4.73. The number of aromatic nitrogens is 2. The first-order valence-corrected chi connectivity index (χ1v) is 9.55. The summed E-state index contributed by atoms with van der Waals surface area (Å²) in [5, 5.41) is 13.7. The number of benzene rings is 1. The number of carboxylic acid groups (broad SMARTS) is 1. The van der Waals surface area contributed by atoms with Crippen molar-refractivity contribution in [2.45, 2.75) is 46.5 Å². The van der Waals surface area contributed by atoms with E-state index >= 15 is 0 Å². The first kappa shape index (κ1) is 19.1. The second-order valence-electron chi connectivity index (χ2n) is 7.66. The Morgan fingerprint density at radius 1 is 1.22 bits per heavy atom. The minimum atomic E-state index is -0.896. The molecule has 6 heteroatoms. The molecule has 1 aromatic carbocycles. The van der Waals surface area contributed by atoms with E-state index in [1.54, 1.807) is 4.90 Å². The molecule has 0 atom stereocenters. The number of fused-ring (bicyclic) bond motifs is 1. The van der Waals surface area contributed by atoms with Gasteiger partial charge in [-0.2, -0.15) is 5.10 Å². The third-order valence-electron chi connectivity index (χ3n) is 4.88. The number of carbonyl (C=O) groups excluding carboxylic acids is 1. The third-order valence-corrected chi connectivity index (χ3v) is 4.88. The van der Waals surface area contributed by atoms with Crippen molar-refractivity contribution >= 4 is 11.9 Å². The fourth-order valence-corrected chi connectivity index (χ4v) is 3.61. The molecule has 144 valence electrons. The van der Waals surface area contributed by atoms with Crippen LogP contribution in [0.4, 0.5) is 0 Å². The molecule has 2 aromatic rings. The Kier molecular flexibility index (Phi) is 5.63. The molecule has 1 N–H and O–H groups in total. The van der Waals surface area contributed by atoms with E-state index in [4.69, 9.17) is 5.11 Å². The Morgan fingerprint density at radius 2 is 1.93 bits per heavy atom. The first-order valence-electron chi connectivity index (χ1n) is 9.55. The van der Waals surface area contributed by atoms with Gasteiger partial charge in [0.1, 0.15) is 0 Å². The van der Waals surface area contributed by atoms with Gasteiger partial charge in [0.25, 0.3) is 5.91 Å². The smallest absolute Gasteiger partial charge is 0.305 e. The fourth-order valence-electron chi connectivity index (χ4n) is 3.61. The predicted molar refractivity (Wildman–Crippen MR) is 103 cm³/mol. The maximum atomic E-state index is 13.2. The monoisotopic (exact) mass is 369 g/mol. The van der Waals surface area contributed by atoms with Gasteiger partial charge in [-0.15, -0.1) is 0 Å². The van der Waals surface area contributed by atoms with Crippen LogP contribution in [0.15, 0.2) is 24.3 Å². The van der Waals surface area contributed by atoms with Crippen molar-refractivity contribution in [3.05, 3.63) is 46.8 Å². The topological polar surface area (TPSA) is 75.4 Å². The Hall–Kier alpha value is -2.63. The highest BCUT2D eigenvalue weighted by molar-refractivity contribution is 5.94. The van der Waals surface area contributed by atoms with E-state index in [-0.39, 0.29) is 24.8 Å². The van der Waals surface area contributed by atoms with Crippen LogP contribution >= 0.6 is 0 Å². The number of rotatable bonds is 7. The Bertz CT molecular complexity index is 837. The average Bonchev–Trinajstić information content (AvgIpc) is 3.21. The van der Waals surface area contributed by atoms with Crippen LogP contribution in [-0.4, -0.2) is 44.8 Å². The van der Waals surface area contributed by atoms with Crippen LogP contribution in [0.5, 0.6) is 0 Å². The van der Waals surface area contributed by atoms with Crippen molar-refractivity contribution in [1.29, 1.82) is 0 Å². The molecule has 3 rings (SSSR count). The molecule has 1 aliphatic rings. The van der Waals surface area contributed by atoms with E-state index < -0.39 is 5.97 Å². The highest BCUT2D eigenvalue weighted by Crippen LogP contribution is 2.29. The molecule has 6 nitrogen and oxygen atoms in total. The molecular formula is C21H27N3O3. The summed E-state index contributed by atoms with van der Waals surface area (Å²) >= 11 is 0. The van der Waals surface area contributed by atoms with Crippen LogP contribution in [0.1, 0.15) is 54.0 Å². The van der Waals surface area contributed by atoms with Gasteiger partial charge in [-0.1, -0.05) is 31.5 Å². The van der Waals surface area contributed by atoms with Crippen LogP contribution in [0.2, 0.25) is 0 Å². The van der Waals surface area contributed by atoms with E-state index in [1.807, 2.05) is 49.7 Å². The summed E-state index contributed by atoms with van der Waals surface area (Å²) in [4.78, 5) is 25.8. The summed E-state index contributed by atoms with van der Waals surface area (Å²) in [6.07, 6.45) is 2.71. The minimum absolute atomic E-state index is 0.0562. The summed E-state index contributed by atoms with van der Waals surface area (Å²) in [5.74, 6) is -0.795. The summed E-state index contributed by atoms with van der Waals surface area (Å²) in [6.45, 7) is 6.82. The van der Waals surface area contributed by atoms with E-state index in [9.17, 15) is 9.59 Å². The van der Waals surface area contributed by atoms with Crippen molar-refractivity contribution < 1.29 is 14.7 Å². The molecular weight excluding hydrogens is 342 g/mol. The second kappa shape index (κ2) is 7.94. The van der Waals surface area contributed by atoms with Gasteiger partial charge in [0.15, 0.2) is 5.69 Å². The van der Waals surface area contributed by atoms with Gasteiger partial charge < -0.3 is 10.0 Å². The zero-order valence-electron chi connectivity index (χ0n) is 16.2.